The summed E-state index contributed by atoms with van der Waals surface area (Å²) in [4.78, 5) is 25.3. The van der Waals surface area contributed by atoms with Gasteiger partial charge in [-0.15, -0.1) is 0 Å². The van der Waals surface area contributed by atoms with E-state index in [2.05, 4.69) is 20.8 Å². The molecule has 0 radical (unpaired) electrons. The van der Waals surface area contributed by atoms with Crippen LogP contribution < -0.4 is 10.6 Å². The Labute approximate surface area is 114 Å². The Morgan fingerprint density at radius 1 is 1.40 bits per heavy atom. The van der Waals surface area contributed by atoms with Gasteiger partial charge in [-0.2, -0.15) is 0 Å². The summed E-state index contributed by atoms with van der Waals surface area (Å²) in [6.45, 7) is 3.64. The smallest absolute Gasteiger partial charge is 0.354 e. The molecule has 0 aliphatic heterocycles. The Hall–Kier alpha value is -2.77. The molecule has 0 aliphatic carbocycles. The second-order valence-electron chi connectivity index (χ2n) is 4.29. The van der Waals surface area contributed by atoms with Gasteiger partial charge in [0.25, 0.3) is 0 Å². The lowest BCUT2D eigenvalue weighted by Crippen LogP contribution is -2.28. The van der Waals surface area contributed by atoms with Gasteiger partial charge in [0.15, 0.2) is 5.76 Å². The SMILES string of the molecule is Cc1cc(CNC(=O)Nc2cc(C)[nH]c2C(=O)O)on1. The third-order valence-corrected chi connectivity index (χ3v) is 2.51. The molecule has 20 heavy (non-hydrogen) atoms. The summed E-state index contributed by atoms with van der Waals surface area (Å²) in [5.41, 5.74) is 1.51. The molecule has 0 atom stereocenters. The number of carboxylic acids is 1. The molecule has 2 heterocycles. The summed E-state index contributed by atoms with van der Waals surface area (Å²) >= 11 is 0. The number of hydrogen-bond donors (Lipinski definition) is 4. The van der Waals surface area contributed by atoms with E-state index >= 15 is 0 Å². The topological polar surface area (TPSA) is 120 Å². The van der Waals surface area contributed by atoms with Crippen LogP contribution in [0.1, 0.15) is 27.6 Å². The number of aromatic amines is 1. The number of nitrogens with zero attached hydrogens (tertiary/aromatic N) is 1. The number of amides is 2. The molecule has 106 valence electrons. The fourth-order valence-electron chi connectivity index (χ4n) is 1.69. The number of rotatable bonds is 4. The van der Waals surface area contributed by atoms with Crippen LogP contribution in [0.15, 0.2) is 16.7 Å². The van der Waals surface area contributed by atoms with E-state index < -0.39 is 12.0 Å². The van der Waals surface area contributed by atoms with Gasteiger partial charge in [-0.1, -0.05) is 5.16 Å². The third kappa shape index (κ3) is 3.16. The van der Waals surface area contributed by atoms with Crippen molar-refractivity contribution in [2.24, 2.45) is 0 Å². The number of nitrogens with one attached hydrogen (secondary N) is 3. The highest BCUT2D eigenvalue weighted by Gasteiger charge is 2.15. The van der Waals surface area contributed by atoms with Crippen LogP contribution in [0.5, 0.6) is 0 Å². The monoisotopic (exact) mass is 278 g/mol. The van der Waals surface area contributed by atoms with Crippen molar-refractivity contribution < 1.29 is 19.2 Å². The molecular weight excluding hydrogens is 264 g/mol. The van der Waals surface area contributed by atoms with Crippen molar-refractivity contribution in [3.8, 4) is 0 Å². The molecule has 0 fully saturated rings. The number of urea groups is 1. The lowest BCUT2D eigenvalue weighted by Gasteiger charge is -2.05. The molecule has 2 aromatic heterocycles. The number of aromatic nitrogens is 2. The van der Waals surface area contributed by atoms with Gasteiger partial charge in [0.05, 0.1) is 17.9 Å². The Balaban J connectivity index is 1.96. The molecule has 8 heteroatoms. The Kier molecular flexibility index (Phi) is 3.74. The summed E-state index contributed by atoms with van der Waals surface area (Å²) < 4.78 is 4.94. The van der Waals surface area contributed by atoms with Crippen molar-refractivity contribution in [3.05, 3.63) is 35.0 Å². The molecule has 0 spiro atoms. The number of carbonyl (C=O) groups is 2. The lowest BCUT2D eigenvalue weighted by atomic mass is 10.3. The number of carbonyl (C=O) groups excluding carboxylic acids is 1. The predicted octanol–water partition coefficient (Wildman–Crippen LogP) is 1.64. The van der Waals surface area contributed by atoms with E-state index in [4.69, 9.17) is 9.63 Å². The molecule has 2 aromatic rings. The van der Waals surface area contributed by atoms with Crippen LogP contribution in [0, 0.1) is 13.8 Å². The maximum atomic E-state index is 11.7. The highest BCUT2D eigenvalue weighted by molar-refractivity contribution is 5.99. The molecule has 2 rings (SSSR count). The minimum absolute atomic E-state index is 0.0619. The van der Waals surface area contributed by atoms with E-state index in [0.29, 0.717) is 11.5 Å². The molecular formula is C12H14N4O4. The van der Waals surface area contributed by atoms with Gasteiger partial charge < -0.3 is 25.2 Å². The van der Waals surface area contributed by atoms with Crippen molar-refractivity contribution in [2.45, 2.75) is 20.4 Å². The first-order chi connectivity index (χ1) is 9.45. The minimum Gasteiger partial charge on any atom is -0.477 e. The number of H-pyrrole nitrogens is 1. The first kappa shape index (κ1) is 13.7. The zero-order valence-corrected chi connectivity index (χ0v) is 11.0. The summed E-state index contributed by atoms with van der Waals surface area (Å²) in [6.07, 6.45) is 0. The fourth-order valence-corrected chi connectivity index (χ4v) is 1.69. The summed E-state index contributed by atoms with van der Waals surface area (Å²) in [7, 11) is 0. The van der Waals surface area contributed by atoms with Crippen molar-refractivity contribution in [2.75, 3.05) is 5.32 Å². The Bertz CT molecular complexity index is 644. The molecule has 4 N–H and O–H groups in total. The molecule has 0 unspecified atom stereocenters. The average molecular weight is 278 g/mol. The summed E-state index contributed by atoms with van der Waals surface area (Å²) in [5, 5.41) is 17.7. The number of hydrogen-bond acceptors (Lipinski definition) is 4. The molecule has 0 saturated carbocycles. The third-order valence-electron chi connectivity index (χ3n) is 2.51. The zero-order valence-electron chi connectivity index (χ0n) is 11.0. The number of aryl methyl sites for hydroxylation is 2. The number of anilines is 1. The van der Waals surface area contributed by atoms with Crippen LogP contribution in [0.3, 0.4) is 0 Å². The van der Waals surface area contributed by atoms with Crippen LogP contribution in [0.2, 0.25) is 0 Å². The number of aromatic carboxylic acids is 1. The average Bonchev–Trinajstić information content (AvgIpc) is 2.93. The van der Waals surface area contributed by atoms with E-state index in [1.165, 1.54) is 0 Å². The van der Waals surface area contributed by atoms with Gasteiger partial charge >= 0.3 is 12.0 Å². The predicted molar refractivity (Wildman–Crippen MR) is 69.6 cm³/mol. The maximum Gasteiger partial charge on any atom is 0.354 e. The van der Waals surface area contributed by atoms with Crippen LogP contribution in [0.25, 0.3) is 0 Å². The number of carboxylic acid groups (broad SMARTS) is 1. The molecule has 2 amide bonds. The molecule has 0 saturated heterocycles. The van der Waals surface area contributed by atoms with Crippen LogP contribution in [-0.2, 0) is 6.54 Å². The minimum atomic E-state index is -1.14. The van der Waals surface area contributed by atoms with Gasteiger partial charge in [-0.3, -0.25) is 0 Å². The van der Waals surface area contributed by atoms with Crippen molar-refractivity contribution in [1.82, 2.24) is 15.5 Å². The summed E-state index contributed by atoms with van der Waals surface area (Å²) in [5.74, 6) is -0.624. The molecule has 0 aromatic carbocycles. The zero-order chi connectivity index (χ0) is 14.7. The van der Waals surface area contributed by atoms with Gasteiger partial charge in [-0.05, 0) is 19.9 Å². The molecule has 0 aliphatic rings. The van der Waals surface area contributed by atoms with Gasteiger partial charge in [0.2, 0.25) is 0 Å². The van der Waals surface area contributed by atoms with E-state index in [1.54, 1.807) is 26.0 Å². The van der Waals surface area contributed by atoms with E-state index in [1.807, 2.05) is 0 Å². The van der Waals surface area contributed by atoms with Crippen LogP contribution in [0.4, 0.5) is 10.5 Å². The second kappa shape index (κ2) is 5.47. The Morgan fingerprint density at radius 3 is 2.75 bits per heavy atom. The normalized spacial score (nSPS) is 10.3. The highest BCUT2D eigenvalue weighted by Crippen LogP contribution is 2.16. The van der Waals surface area contributed by atoms with Gasteiger partial charge in [-0.25, -0.2) is 9.59 Å². The van der Waals surface area contributed by atoms with Crippen molar-refractivity contribution in [3.63, 3.8) is 0 Å². The van der Waals surface area contributed by atoms with Crippen LogP contribution in [-0.4, -0.2) is 27.2 Å². The van der Waals surface area contributed by atoms with E-state index in [9.17, 15) is 9.59 Å². The van der Waals surface area contributed by atoms with E-state index in [0.717, 1.165) is 5.69 Å². The standard InChI is InChI=1S/C12H14N4O4/c1-6-4-9(10(14-6)11(17)18)15-12(19)13-5-8-3-7(2)16-20-8/h3-4,14H,5H2,1-2H3,(H,17,18)(H2,13,15,19). The van der Waals surface area contributed by atoms with Crippen molar-refractivity contribution in [1.29, 1.82) is 0 Å². The first-order valence-corrected chi connectivity index (χ1v) is 5.85. The largest absolute Gasteiger partial charge is 0.477 e. The molecule has 8 nitrogen and oxygen atoms in total. The second-order valence-corrected chi connectivity index (χ2v) is 4.29. The fraction of sp³-hybridized carbons (Fsp3) is 0.250. The summed E-state index contributed by atoms with van der Waals surface area (Å²) in [6, 6.07) is 2.71. The highest BCUT2D eigenvalue weighted by atomic mass is 16.5. The molecule has 0 bridgehead atoms. The Morgan fingerprint density at radius 2 is 2.15 bits per heavy atom. The van der Waals surface area contributed by atoms with Gasteiger partial charge in [0.1, 0.15) is 5.69 Å². The first-order valence-electron chi connectivity index (χ1n) is 5.85. The van der Waals surface area contributed by atoms with Crippen molar-refractivity contribution >= 4 is 17.7 Å². The quantitative estimate of drug-likeness (QED) is 0.677. The maximum absolute atomic E-state index is 11.7. The lowest BCUT2D eigenvalue weighted by molar-refractivity contribution is 0.0692. The van der Waals surface area contributed by atoms with Gasteiger partial charge in [0, 0.05) is 11.8 Å². The van der Waals surface area contributed by atoms with E-state index in [-0.39, 0.29) is 17.9 Å². The van der Waals surface area contributed by atoms with Crippen LogP contribution >= 0.6 is 0 Å².